The van der Waals surface area contributed by atoms with Gasteiger partial charge in [-0.2, -0.15) is 5.10 Å². The molecular formula is C23H22FN5O2. The van der Waals surface area contributed by atoms with Crippen molar-refractivity contribution in [3.63, 3.8) is 0 Å². The molecule has 0 atom stereocenters. The minimum Gasteiger partial charge on any atom is -0.457 e. The molecule has 158 valence electrons. The second-order valence-electron chi connectivity index (χ2n) is 7.79. The summed E-state index contributed by atoms with van der Waals surface area (Å²) in [5, 5.41) is 15.4. The van der Waals surface area contributed by atoms with E-state index in [-0.39, 0.29) is 18.0 Å². The predicted octanol–water partition coefficient (Wildman–Crippen LogP) is 4.48. The molecule has 7 nitrogen and oxygen atoms in total. The van der Waals surface area contributed by atoms with E-state index < -0.39 is 0 Å². The molecule has 8 heteroatoms. The molecule has 2 aromatic heterocycles. The summed E-state index contributed by atoms with van der Waals surface area (Å²) in [6.45, 7) is 0. The van der Waals surface area contributed by atoms with Crippen LogP contribution in [-0.4, -0.2) is 31.0 Å². The lowest BCUT2D eigenvalue weighted by Gasteiger charge is -2.25. The Bertz CT molecular complexity index is 1200. The fourth-order valence-electron chi connectivity index (χ4n) is 4.07. The Morgan fingerprint density at radius 1 is 0.935 bits per heavy atom. The van der Waals surface area contributed by atoms with Crippen molar-refractivity contribution in [2.45, 2.75) is 37.8 Å². The van der Waals surface area contributed by atoms with E-state index in [4.69, 9.17) is 15.6 Å². The summed E-state index contributed by atoms with van der Waals surface area (Å²) in [7, 11) is 0. The molecule has 0 saturated heterocycles. The number of fused-ring (bicyclic) bond motifs is 1. The number of hydrogen-bond donors (Lipinski definition) is 2. The number of aromatic nitrogens is 4. The van der Waals surface area contributed by atoms with Crippen molar-refractivity contribution in [3.05, 3.63) is 60.7 Å². The Balaban J connectivity index is 1.49. The molecule has 0 spiro atoms. The number of benzene rings is 2. The van der Waals surface area contributed by atoms with Gasteiger partial charge in [-0.05, 0) is 74.2 Å². The molecule has 2 aromatic carbocycles. The van der Waals surface area contributed by atoms with Crippen molar-refractivity contribution in [1.82, 2.24) is 19.7 Å². The number of hydrogen-bond acceptors (Lipinski definition) is 6. The van der Waals surface area contributed by atoms with Crippen molar-refractivity contribution < 1.29 is 14.2 Å². The largest absolute Gasteiger partial charge is 0.457 e. The number of aliphatic hydroxyl groups is 1. The van der Waals surface area contributed by atoms with Crippen LogP contribution in [0.1, 0.15) is 31.7 Å². The molecular weight excluding hydrogens is 397 g/mol. The van der Waals surface area contributed by atoms with Crippen molar-refractivity contribution in [2.75, 3.05) is 5.73 Å². The highest BCUT2D eigenvalue weighted by molar-refractivity contribution is 5.98. The molecule has 0 aliphatic heterocycles. The molecule has 3 N–H and O–H groups in total. The third kappa shape index (κ3) is 3.82. The van der Waals surface area contributed by atoms with E-state index in [9.17, 15) is 9.50 Å². The Hall–Kier alpha value is -3.52. The first kappa shape index (κ1) is 19.4. The Kier molecular flexibility index (Phi) is 4.99. The van der Waals surface area contributed by atoms with E-state index in [0.29, 0.717) is 28.7 Å². The summed E-state index contributed by atoms with van der Waals surface area (Å²) in [4.78, 5) is 8.62. The molecule has 0 bridgehead atoms. The van der Waals surface area contributed by atoms with Gasteiger partial charge >= 0.3 is 0 Å². The predicted molar refractivity (Wildman–Crippen MR) is 115 cm³/mol. The highest BCUT2D eigenvalue weighted by Gasteiger charge is 2.26. The highest BCUT2D eigenvalue weighted by Crippen LogP contribution is 2.36. The van der Waals surface area contributed by atoms with Gasteiger partial charge in [-0.25, -0.2) is 19.0 Å². The number of aliphatic hydroxyl groups excluding tert-OH is 1. The molecule has 0 amide bonds. The van der Waals surface area contributed by atoms with Crippen molar-refractivity contribution >= 4 is 16.9 Å². The summed E-state index contributed by atoms with van der Waals surface area (Å²) in [5.41, 5.74) is 8.49. The molecule has 0 radical (unpaired) electrons. The number of rotatable bonds is 4. The number of anilines is 1. The fraction of sp³-hybridized carbons (Fsp3) is 0.261. The van der Waals surface area contributed by atoms with Crippen molar-refractivity contribution in [3.8, 4) is 22.8 Å². The molecule has 5 rings (SSSR count). The third-order valence-corrected chi connectivity index (χ3v) is 5.71. The van der Waals surface area contributed by atoms with E-state index in [1.807, 2.05) is 28.9 Å². The number of halogens is 1. The first-order valence-electron chi connectivity index (χ1n) is 10.3. The molecule has 31 heavy (non-hydrogen) atoms. The van der Waals surface area contributed by atoms with Gasteiger partial charge in [0.05, 0.1) is 17.5 Å². The van der Waals surface area contributed by atoms with Crippen LogP contribution in [0.2, 0.25) is 0 Å². The minimum atomic E-state index is -0.308. The van der Waals surface area contributed by atoms with Gasteiger partial charge in [0.15, 0.2) is 5.65 Å². The number of nitrogen functional groups attached to an aromatic ring is 1. The standard InChI is InChI=1S/C23H22FN5O2/c24-15-3-11-19(12-4-15)31-18-9-1-14(2-10-18)21-20-22(25)26-13-27-23(20)29(28-21)16-5-7-17(30)8-6-16/h1-4,9-13,16-17,30H,5-8H2,(H2,25,26,27)/t16-,17-. The van der Waals surface area contributed by atoms with Gasteiger partial charge in [0, 0.05) is 5.56 Å². The van der Waals surface area contributed by atoms with Crippen molar-refractivity contribution in [1.29, 1.82) is 0 Å². The maximum Gasteiger partial charge on any atom is 0.164 e. The summed E-state index contributed by atoms with van der Waals surface area (Å²) < 4.78 is 20.8. The zero-order valence-corrected chi connectivity index (χ0v) is 16.8. The normalized spacial score (nSPS) is 18.9. The summed E-state index contributed by atoms with van der Waals surface area (Å²) >= 11 is 0. The van der Waals surface area contributed by atoms with Crippen LogP contribution in [0.4, 0.5) is 10.2 Å². The van der Waals surface area contributed by atoms with Crippen LogP contribution >= 0.6 is 0 Å². The monoisotopic (exact) mass is 419 g/mol. The van der Waals surface area contributed by atoms with E-state index in [1.165, 1.54) is 18.5 Å². The fourth-order valence-corrected chi connectivity index (χ4v) is 4.07. The van der Waals surface area contributed by atoms with E-state index in [1.54, 1.807) is 12.1 Å². The van der Waals surface area contributed by atoms with E-state index >= 15 is 0 Å². The van der Waals surface area contributed by atoms with Crippen LogP contribution in [0.15, 0.2) is 54.9 Å². The average molecular weight is 419 g/mol. The van der Waals surface area contributed by atoms with Crippen LogP contribution in [-0.2, 0) is 0 Å². The molecule has 2 heterocycles. The number of nitrogens with two attached hydrogens (primary N) is 1. The summed E-state index contributed by atoms with van der Waals surface area (Å²) in [5.74, 6) is 1.26. The Morgan fingerprint density at radius 3 is 2.26 bits per heavy atom. The second-order valence-corrected chi connectivity index (χ2v) is 7.79. The van der Waals surface area contributed by atoms with Crippen LogP contribution in [0.5, 0.6) is 11.5 Å². The molecule has 1 aliphatic carbocycles. The topological polar surface area (TPSA) is 99.1 Å². The van der Waals surface area contributed by atoms with Crippen LogP contribution in [0.3, 0.4) is 0 Å². The zero-order chi connectivity index (χ0) is 21.4. The third-order valence-electron chi connectivity index (χ3n) is 5.71. The average Bonchev–Trinajstić information content (AvgIpc) is 3.17. The summed E-state index contributed by atoms with van der Waals surface area (Å²) in [6, 6.07) is 13.5. The maximum absolute atomic E-state index is 13.1. The van der Waals surface area contributed by atoms with Gasteiger partial charge in [0.2, 0.25) is 0 Å². The summed E-state index contributed by atoms with van der Waals surface area (Å²) in [6.07, 6.45) is 4.38. The Labute approximate surface area is 178 Å². The maximum atomic E-state index is 13.1. The second kappa shape index (κ2) is 7.96. The first-order valence-corrected chi connectivity index (χ1v) is 10.3. The molecule has 0 unspecified atom stereocenters. The lowest BCUT2D eigenvalue weighted by atomic mass is 9.93. The van der Waals surface area contributed by atoms with Crippen LogP contribution < -0.4 is 10.5 Å². The molecule has 1 aliphatic rings. The van der Waals surface area contributed by atoms with E-state index in [2.05, 4.69) is 9.97 Å². The zero-order valence-electron chi connectivity index (χ0n) is 16.8. The van der Waals surface area contributed by atoms with Gasteiger partial charge in [-0.15, -0.1) is 0 Å². The lowest BCUT2D eigenvalue weighted by molar-refractivity contribution is 0.109. The quantitative estimate of drug-likeness (QED) is 0.506. The first-order chi connectivity index (χ1) is 15.1. The molecule has 1 saturated carbocycles. The van der Waals surface area contributed by atoms with Gasteiger partial charge in [-0.3, -0.25) is 0 Å². The minimum absolute atomic E-state index is 0.162. The SMILES string of the molecule is Nc1ncnc2c1c(-c1ccc(Oc3ccc(F)cc3)cc1)nn2[C@H]1CC[C@H](O)CC1. The smallest absolute Gasteiger partial charge is 0.164 e. The highest BCUT2D eigenvalue weighted by atomic mass is 19.1. The molecule has 4 aromatic rings. The van der Waals surface area contributed by atoms with Gasteiger partial charge in [0.25, 0.3) is 0 Å². The lowest BCUT2D eigenvalue weighted by Crippen LogP contribution is -2.22. The van der Waals surface area contributed by atoms with E-state index in [0.717, 1.165) is 36.6 Å². The van der Waals surface area contributed by atoms with Crippen LogP contribution in [0, 0.1) is 5.82 Å². The number of nitrogens with zero attached hydrogens (tertiary/aromatic N) is 4. The van der Waals surface area contributed by atoms with Crippen LogP contribution in [0.25, 0.3) is 22.3 Å². The van der Waals surface area contributed by atoms with Gasteiger partial charge in [0.1, 0.15) is 35.2 Å². The van der Waals surface area contributed by atoms with Gasteiger partial charge in [-0.1, -0.05) is 0 Å². The Morgan fingerprint density at radius 2 is 1.58 bits per heavy atom. The van der Waals surface area contributed by atoms with Crippen molar-refractivity contribution in [2.24, 2.45) is 0 Å². The van der Waals surface area contributed by atoms with Gasteiger partial charge < -0.3 is 15.6 Å². The molecule has 1 fully saturated rings. The number of ether oxygens (including phenoxy) is 1.